The first-order chi connectivity index (χ1) is 8.79. The topological polar surface area (TPSA) is 27.0 Å². The Labute approximate surface area is 117 Å². The van der Waals surface area contributed by atoms with Crippen molar-refractivity contribution in [1.82, 2.24) is 0 Å². The Hall–Kier alpha value is -1.01. The number of anilines is 1. The molecule has 1 aromatic carbocycles. The summed E-state index contributed by atoms with van der Waals surface area (Å²) < 4.78 is 0.989. The predicted molar refractivity (Wildman–Crippen MR) is 76.6 cm³/mol. The molecule has 2 unspecified atom stereocenters. The van der Waals surface area contributed by atoms with Crippen LogP contribution in [0.3, 0.4) is 0 Å². The zero-order valence-electron chi connectivity index (χ0n) is 10.4. The molecule has 18 heavy (non-hydrogen) atoms. The molecule has 0 radical (unpaired) electrons. The van der Waals surface area contributed by atoms with Gasteiger partial charge in [-0.25, -0.2) is 0 Å². The van der Waals surface area contributed by atoms with E-state index in [1.165, 1.54) is 32.1 Å². The van der Waals surface area contributed by atoms with Gasteiger partial charge in [-0.2, -0.15) is 5.26 Å². The first kappa shape index (κ1) is 12.0. The number of rotatable bonds is 1. The highest BCUT2D eigenvalue weighted by Gasteiger charge is 2.35. The molecule has 2 fully saturated rings. The van der Waals surface area contributed by atoms with Gasteiger partial charge in [-0.3, -0.25) is 0 Å². The van der Waals surface area contributed by atoms with E-state index in [4.69, 9.17) is 0 Å². The van der Waals surface area contributed by atoms with Crippen molar-refractivity contribution in [3.05, 3.63) is 28.2 Å². The smallest absolute Gasteiger partial charge is 0.101 e. The van der Waals surface area contributed by atoms with Crippen molar-refractivity contribution >= 4 is 21.6 Å². The summed E-state index contributed by atoms with van der Waals surface area (Å²) in [6.07, 6.45) is 6.66. The molecule has 1 saturated carbocycles. The standard InChI is InChI=1S/C15H17BrN2/c16-13-6-7-15(12(9-13)10-17)18-8-2-4-11-3-1-5-14(11)18/h6-7,9,11,14H,1-5,8H2. The van der Waals surface area contributed by atoms with Gasteiger partial charge < -0.3 is 4.90 Å². The summed E-state index contributed by atoms with van der Waals surface area (Å²) in [6.45, 7) is 1.11. The number of benzene rings is 1. The largest absolute Gasteiger partial charge is 0.367 e. The molecule has 0 bridgehead atoms. The summed E-state index contributed by atoms with van der Waals surface area (Å²) in [6, 6.07) is 9.10. The third-order valence-corrected chi connectivity index (χ3v) is 4.87. The molecule has 1 saturated heterocycles. The van der Waals surface area contributed by atoms with Gasteiger partial charge in [0.2, 0.25) is 0 Å². The van der Waals surface area contributed by atoms with Crippen LogP contribution in [0.25, 0.3) is 0 Å². The summed E-state index contributed by atoms with van der Waals surface area (Å²) >= 11 is 3.45. The molecule has 0 amide bonds. The van der Waals surface area contributed by atoms with Gasteiger partial charge in [0.1, 0.15) is 6.07 Å². The van der Waals surface area contributed by atoms with Gasteiger partial charge in [0.15, 0.2) is 0 Å². The maximum absolute atomic E-state index is 9.32. The molecule has 3 heteroatoms. The fourth-order valence-corrected chi connectivity index (χ4v) is 3.96. The summed E-state index contributed by atoms with van der Waals surface area (Å²) in [4.78, 5) is 2.49. The highest BCUT2D eigenvalue weighted by atomic mass is 79.9. The lowest BCUT2D eigenvalue weighted by Crippen LogP contribution is -2.43. The number of nitriles is 1. The number of fused-ring (bicyclic) bond motifs is 1. The van der Waals surface area contributed by atoms with Gasteiger partial charge in [-0.05, 0) is 49.8 Å². The van der Waals surface area contributed by atoms with Crippen LogP contribution in [0.5, 0.6) is 0 Å². The molecule has 3 rings (SSSR count). The molecule has 94 valence electrons. The van der Waals surface area contributed by atoms with E-state index in [1.807, 2.05) is 6.07 Å². The summed E-state index contributed by atoms with van der Waals surface area (Å²) in [5, 5.41) is 9.32. The lowest BCUT2D eigenvalue weighted by molar-refractivity contribution is 0.362. The van der Waals surface area contributed by atoms with Crippen LogP contribution in [-0.2, 0) is 0 Å². The SMILES string of the molecule is N#Cc1cc(Br)ccc1N1CCCC2CCCC21. The molecule has 1 aliphatic heterocycles. The van der Waals surface area contributed by atoms with Crippen molar-refractivity contribution in [3.63, 3.8) is 0 Å². The molecule has 0 spiro atoms. The maximum atomic E-state index is 9.32. The van der Waals surface area contributed by atoms with Gasteiger partial charge in [-0.1, -0.05) is 22.4 Å². The first-order valence-electron chi connectivity index (χ1n) is 6.76. The van der Waals surface area contributed by atoms with Crippen LogP contribution in [0, 0.1) is 17.2 Å². The Balaban J connectivity index is 1.96. The number of hydrogen-bond acceptors (Lipinski definition) is 2. The van der Waals surface area contributed by atoms with Crippen LogP contribution in [0.4, 0.5) is 5.69 Å². The fraction of sp³-hybridized carbons (Fsp3) is 0.533. The lowest BCUT2D eigenvalue weighted by atomic mass is 9.91. The van der Waals surface area contributed by atoms with Crippen LogP contribution in [-0.4, -0.2) is 12.6 Å². The number of piperidine rings is 1. The Morgan fingerprint density at radius 3 is 2.89 bits per heavy atom. The van der Waals surface area contributed by atoms with Gasteiger partial charge in [-0.15, -0.1) is 0 Å². The second kappa shape index (κ2) is 4.93. The minimum atomic E-state index is 0.673. The van der Waals surface area contributed by atoms with E-state index in [2.05, 4.69) is 39.0 Å². The fourth-order valence-electron chi connectivity index (χ4n) is 3.60. The van der Waals surface area contributed by atoms with E-state index >= 15 is 0 Å². The molecule has 1 heterocycles. The van der Waals surface area contributed by atoms with Crippen LogP contribution in [0.15, 0.2) is 22.7 Å². The highest BCUT2D eigenvalue weighted by molar-refractivity contribution is 9.10. The molecule has 0 N–H and O–H groups in total. The molecule has 0 aromatic heterocycles. The summed E-state index contributed by atoms with van der Waals surface area (Å²) in [5.74, 6) is 0.855. The van der Waals surface area contributed by atoms with Crippen molar-refractivity contribution in [2.75, 3.05) is 11.4 Å². The predicted octanol–water partition coefficient (Wildman–Crippen LogP) is 4.09. The Bertz CT molecular complexity index is 492. The van der Waals surface area contributed by atoms with Gasteiger partial charge in [0.05, 0.1) is 11.3 Å². The zero-order valence-corrected chi connectivity index (χ0v) is 12.0. The molecule has 2 atom stereocenters. The van der Waals surface area contributed by atoms with E-state index < -0.39 is 0 Å². The van der Waals surface area contributed by atoms with E-state index in [0.29, 0.717) is 6.04 Å². The molecule has 1 aliphatic carbocycles. The first-order valence-corrected chi connectivity index (χ1v) is 7.55. The minimum Gasteiger partial charge on any atom is -0.367 e. The van der Waals surface area contributed by atoms with Crippen LogP contribution in [0.1, 0.15) is 37.7 Å². The Kier molecular flexibility index (Phi) is 3.30. The molecular weight excluding hydrogens is 288 g/mol. The number of halogens is 1. The van der Waals surface area contributed by atoms with Crippen molar-refractivity contribution in [1.29, 1.82) is 5.26 Å². The van der Waals surface area contributed by atoms with E-state index in [1.54, 1.807) is 0 Å². The van der Waals surface area contributed by atoms with Gasteiger partial charge >= 0.3 is 0 Å². The Morgan fingerprint density at radius 1 is 1.22 bits per heavy atom. The van der Waals surface area contributed by atoms with Crippen LogP contribution in [0.2, 0.25) is 0 Å². The molecule has 1 aromatic rings. The average molecular weight is 305 g/mol. The van der Waals surface area contributed by atoms with Crippen molar-refractivity contribution in [2.45, 2.75) is 38.1 Å². The summed E-state index contributed by atoms with van der Waals surface area (Å²) in [7, 11) is 0. The number of hydrogen-bond donors (Lipinski definition) is 0. The van der Waals surface area contributed by atoms with Gasteiger partial charge in [0, 0.05) is 17.1 Å². The minimum absolute atomic E-state index is 0.673. The molecule has 2 nitrogen and oxygen atoms in total. The van der Waals surface area contributed by atoms with Gasteiger partial charge in [0.25, 0.3) is 0 Å². The van der Waals surface area contributed by atoms with Crippen molar-refractivity contribution in [2.24, 2.45) is 5.92 Å². The zero-order chi connectivity index (χ0) is 12.5. The third kappa shape index (κ3) is 2.03. The van der Waals surface area contributed by atoms with E-state index in [-0.39, 0.29) is 0 Å². The normalized spacial score (nSPS) is 26.8. The monoisotopic (exact) mass is 304 g/mol. The van der Waals surface area contributed by atoms with E-state index in [9.17, 15) is 5.26 Å². The lowest BCUT2D eigenvalue weighted by Gasteiger charge is -2.40. The second-order valence-electron chi connectivity index (χ2n) is 5.37. The maximum Gasteiger partial charge on any atom is 0.101 e. The highest BCUT2D eigenvalue weighted by Crippen LogP contribution is 2.40. The average Bonchev–Trinajstić information content (AvgIpc) is 2.86. The molecule has 2 aliphatic rings. The number of nitrogens with zero attached hydrogens (tertiary/aromatic N) is 2. The Morgan fingerprint density at radius 2 is 2.06 bits per heavy atom. The third-order valence-electron chi connectivity index (χ3n) is 4.38. The molecular formula is C15H17BrN2. The van der Waals surface area contributed by atoms with Crippen molar-refractivity contribution < 1.29 is 0 Å². The quantitative estimate of drug-likeness (QED) is 0.781. The summed E-state index contributed by atoms with van der Waals surface area (Å²) in [5.41, 5.74) is 1.94. The van der Waals surface area contributed by atoms with Crippen LogP contribution < -0.4 is 4.90 Å². The second-order valence-corrected chi connectivity index (χ2v) is 6.28. The van der Waals surface area contributed by atoms with E-state index in [0.717, 1.165) is 28.2 Å². The van der Waals surface area contributed by atoms with Crippen LogP contribution >= 0.6 is 15.9 Å². The van der Waals surface area contributed by atoms with Crippen molar-refractivity contribution in [3.8, 4) is 6.07 Å².